The second-order valence-electron chi connectivity index (χ2n) is 7.50. The minimum absolute atomic E-state index is 0.653. The standard InChI is InChI=1S/C29H23P/c1-22-20-21-27(26-17-9-8-16-25(22)26)28-18-10-11-19-29(28)30(23-12-4-2-5-13-23)24-14-6-3-7-15-24/h2-21H,1H3. The maximum atomic E-state index is 2.32. The van der Waals surface area contributed by atoms with Crippen LogP contribution in [0.4, 0.5) is 0 Å². The number of benzene rings is 5. The van der Waals surface area contributed by atoms with Gasteiger partial charge in [-0.15, -0.1) is 0 Å². The van der Waals surface area contributed by atoms with E-state index < -0.39 is 7.92 Å². The zero-order valence-corrected chi connectivity index (χ0v) is 17.9. The van der Waals surface area contributed by atoms with Gasteiger partial charge in [-0.1, -0.05) is 121 Å². The Kier molecular flexibility index (Phi) is 5.18. The molecule has 5 rings (SSSR count). The van der Waals surface area contributed by atoms with E-state index in [1.54, 1.807) is 0 Å². The summed E-state index contributed by atoms with van der Waals surface area (Å²) in [6, 6.07) is 44.1. The Morgan fingerprint density at radius 1 is 0.433 bits per heavy atom. The molecule has 0 radical (unpaired) electrons. The van der Waals surface area contributed by atoms with Gasteiger partial charge in [0.15, 0.2) is 0 Å². The number of fused-ring (bicyclic) bond motifs is 1. The zero-order valence-electron chi connectivity index (χ0n) is 17.0. The highest BCUT2D eigenvalue weighted by atomic mass is 31.1. The summed E-state index contributed by atoms with van der Waals surface area (Å²) in [7, 11) is -0.653. The molecular weight excluding hydrogens is 379 g/mol. The Balaban J connectivity index is 1.78. The summed E-state index contributed by atoms with van der Waals surface area (Å²) < 4.78 is 0. The molecule has 0 nitrogen and oxygen atoms in total. The Hall–Kier alpha value is -3.21. The summed E-state index contributed by atoms with van der Waals surface area (Å²) in [4.78, 5) is 0. The van der Waals surface area contributed by atoms with E-state index in [-0.39, 0.29) is 0 Å². The number of aryl methyl sites for hydroxylation is 1. The minimum Gasteiger partial charge on any atom is -0.0622 e. The van der Waals surface area contributed by atoms with Crippen LogP contribution in [-0.4, -0.2) is 0 Å². The lowest BCUT2D eigenvalue weighted by atomic mass is 9.95. The average molecular weight is 402 g/mol. The maximum Gasteiger partial charge on any atom is -0.00724 e. The summed E-state index contributed by atoms with van der Waals surface area (Å²) >= 11 is 0. The first-order valence-electron chi connectivity index (χ1n) is 10.3. The van der Waals surface area contributed by atoms with Crippen molar-refractivity contribution >= 4 is 34.6 Å². The third-order valence-electron chi connectivity index (χ3n) is 5.61. The summed E-state index contributed by atoms with van der Waals surface area (Å²) in [6.07, 6.45) is 0. The van der Waals surface area contributed by atoms with Gasteiger partial charge in [0.05, 0.1) is 0 Å². The van der Waals surface area contributed by atoms with Crippen molar-refractivity contribution in [2.75, 3.05) is 0 Å². The first kappa shape index (κ1) is 18.8. The van der Waals surface area contributed by atoms with Gasteiger partial charge in [0, 0.05) is 0 Å². The Bertz CT molecular complexity index is 1250. The number of hydrogen-bond acceptors (Lipinski definition) is 0. The third kappa shape index (κ3) is 3.45. The normalized spacial score (nSPS) is 11.1. The van der Waals surface area contributed by atoms with Crippen molar-refractivity contribution in [3.05, 3.63) is 127 Å². The van der Waals surface area contributed by atoms with E-state index in [0.717, 1.165) is 0 Å². The molecule has 0 amide bonds. The SMILES string of the molecule is Cc1ccc(-c2ccccc2P(c2ccccc2)c2ccccc2)c2ccccc12. The van der Waals surface area contributed by atoms with Gasteiger partial charge in [0.2, 0.25) is 0 Å². The van der Waals surface area contributed by atoms with Crippen LogP contribution in [-0.2, 0) is 0 Å². The van der Waals surface area contributed by atoms with Crippen molar-refractivity contribution in [1.82, 2.24) is 0 Å². The molecule has 0 aliphatic rings. The third-order valence-corrected chi connectivity index (χ3v) is 8.11. The fourth-order valence-corrected chi connectivity index (χ4v) is 6.63. The second-order valence-corrected chi connectivity index (χ2v) is 9.68. The van der Waals surface area contributed by atoms with Gasteiger partial charge in [0.1, 0.15) is 0 Å². The molecule has 1 heteroatoms. The van der Waals surface area contributed by atoms with Crippen molar-refractivity contribution in [2.24, 2.45) is 0 Å². The molecule has 0 aliphatic heterocycles. The molecule has 144 valence electrons. The Labute approximate surface area is 179 Å². The van der Waals surface area contributed by atoms with E-state index in [1.165, 1.54) is 43.4 Å². The van der Waals surface area contributed by atoms with Gasteiger partial charge in [-0.25, -0.2) is 0 Å². The molecule has 0 aromatic heterocycles. The van der Waals surface area contributed by atoms with E-state index >= 15 is 0 Å². The molecule has 0 saturated heterocycles. The first-order chi connectivity index (χ1) is 14.8. The lowest BCUT2D eigenvalue weighted by Crippen LogP contribution is -2.22. The van der Waals surface area contributed by atoms with E-state index in [2.05, 4.69) is 128 Å². The Morgan fingerprint density at radius 2 is 0.967 bits per heavy atom. The molecule has 5 aromatic carbocycles. The summed E-state index contributed by atoms with van der Waals surface area (Å²) in [5.74, 6) is 0. The van der Waals surface area contributed by atoms with Crippen molar-refractivity contribution in [1.29, 1.82) is 0 Å². The van der Waals surface area contributed by atoms with Crippen LogP contribution < -0.4 is 15.9 Å². The van der Waals surface area contributed by atoms with E-state index in [4.69, 9.17) is 0 Å². The largest absolute Gasteiger partial charge is 0.0622 e. The summed E-state index contributed by atoms with van der Waals surface area (Å²) in [5.41, 5.74) is 3.96. The molecule has 0 aliphatic carbocycles. The zero-order chi connectivity index (χ0) is 20.3. The van der Waals surface area contributed by atoms with Gasteiger partial charge in [-0.3, -0.25) is 0 Å². The smallest absolute Gasteiger partial charge is 0.00724 e. The molecule has 0 bridgehead atoms. The highest BCUT2D eigenvalue weighted by molar-refractivity contribution is 7.80. The number of hydrogen-bond donors (Lipinski definition) is 0. The molecule has 0 fully saturated rings. The van der Waals surface area contributed by atoms with Crippen LogP contribution in [0.2, 0.25) is 0 Å². The fraction of sp³-hybridized carbons (Fsp3) is 0.0345. The van der Waals surface area contributed by atoms with E-state index in [9.17, 15) is 0 Å². The van der Waals surface area contributed by atoms with Gasteiger partial charge < -0.3 is 0 Å². The number of rotatable bonds is 4. The minimum atomic E-state index is -0.653. The van der Waals surface area contributed by atoms with E-state index in [1.807, 2.05) is 0 Å². The first-order valence-corrected chi connectivity index (χ1v) is 11.6. The van der Waals surface area contributed by atoms with Crippen LogP contribution >= 0.6 is 7.92 Å². The van der Waals surface area contributed by atoms with Gasteiger partial charge >= 0.3 is 0 Å². The van der Waals surface area contributed by atoms with Crippen LogP contribution in [0, 0.1) is 6.92 Å². The Morgan fingerprint density at radius 3 is 1.63 bits per heavy atom. The van der Waals surface area contributed by atoms with Gasteiger partial charge in [0.25, 0.3) is 0 Å². The summed E-state index contributed by atoms with van der Waals surface area (Å²) in [5, 5.41) is 6.80. The molecule has 5 aromatic rings. The molecule has 0 heterocycles. The lowest BCUT2D eigenvalue weighted by Gasteiger charge is -2.23. The topological polar surface area (TPSA) is 0 Å². The van der Waals surface area contributed by atoms with Crippen molar-refractivity contribution in [3.8, 4) is 11.1 Å². The van der Waals surface area contributed by atoms with Crippen LogP contribution in [0.15, 0.2) is 121 Å². The van der Waals surface area contributed by atoms with E-state index in [0.29, 0.717) is 0 Å². The van der Waals surface area contributed by atoms with Crippen molar-refractivity contribution < 1.29 is 0 Å². The van der Waals surface area contributed by atoms with Crippen LogP contribution in [0.25, 0.3) is 21.9 Å². The molecule has 0 atom stereocenters. The molecule has 30 heavy (non-hydrogen) atoms. The highest BCUT2D eigenvalue weighted by Gasteiger charge is 2.20. The second kappa shape index (κ2) is 8.27. The highest BCUT2D eigenvalue weighted by Crippen LogP contribution is 2.39. The summed E-state index contributed by atoms with van der Waals surface area (Å²) in [6.45, 7) is 2.19. The molecular formula is C29H23P. The van der Waals surface area contributed by atoms with Crippen LogP contribution in [0.3, 0.4) is 0 Å². The monoisotopic (exact) mass is 402 g/mol. The van der Waals surface area contributed by atoms with Crippen molar-refractivity contribution in [3.63, 3.8) is 0 Å². The molecule has 0 N–H and O–H groups in total. The predicted molar refractivity (Wildman–Crippen MR) is 133 cm³/mol. The molecule has 0 unspecified atom stereocenters. The quantitative estimate of drug-likeness (QED) is 0.298. The van der Waals surface area contributed by atoms with Gasteiger partial charge in [-0.2, -0.15) is 0 Å². The predicted octanol–water partition coefficient (Wildman–Crippen LogP) is 6.57. The molecule has 0 saturated carbocycles. The molecule has 0 spiro atoms. The van der Waals surface area contributed by atoms with Crippen molar-refractivity contribution in [2.45, 2.75) is 6.92 Å². The van der Waals surface area contributed by atoms with Crippen LogP contribution in [0.1, 0.15) is 5.56 Å². The maximum absolute atomic E-state index is 2.32. The lowest BCUT2D eigenvalue weighted by molar-refractivity contribution is 1.53. The van der Waals surface area contributed by atoms with Gasteiger partial charge in [-0.05, 0) is 58.2 Å². The average Bonchev–Trinajstić information content (AvgIpc) is 2.82. The van der Waals surface area contributed by atoms with Crippen LogP contribution in [0.5, 0.6) is 0 Å². The fourth-order valence-electron chi connectivity index (χ4n) is 4.16.